The van der Waals surface area contributed by atoms with Gasteiger partial charge in [-0.3, -0.25) is 4.40 Å². The Morgan fingerprint density at radius 2 is 1.74 bits per heavy atom. The Hall–Kier alpha value is -2.90. The minimum atomic E-state index is 0.710. The first-order valence-corrected chi connectivity index (χ1v) is 9.67. The van der Waals surface area contributed by atoms with Crippen molar-refractivity contribution in [3.63, 3.8) is 0 Å². The van der Waals surface area contributed by atoms with Gasteiger partial charge in [-0.25, -0.2) is 9.67 Å². The molecular weight excluding hydrogens is 380 g/mol. The molecule has 5 aromatic rings. The summed E-state index contributed by atoms with van der Waals surface area (Å²) in [6, 6.07) is 17.7. The molecule has 2 aromatic carbocycles. The third-order valence-corrected chi connectivity index (χ3v) is 5.62. The van der Waals surface area contributed by atoms with Crippen LogP contribution in [0.15, 0.2) is 72.3 Å². The molecule has 5 rings (SSSR count). The minimum absolute atomic E-state index is 0.710. The highest BCUT2D eigenvalue weighted by Gasteiger charge is 2.15. The van der Waals surface area contributed by atoms with Crippen LogP contribution in [0.5, 0.6) is 0 Å². The van der Waals surface area contributed by atoms with E-state index in [2.05, 4.69) is 20.3 Å². The maximum atomic E-state index is 6.24. The second kappa shape index (κ2) is 6.68. The van der Waals surface area contributed by atoms with Gasteiger partial charge in [0.25, 0.3) is 0 Å². The summed E-state index contributed by atoms with van der Waals surface area (Å²) >= 11 is 7.82. The first-order chi connectivity index (χ1) is 13.3. The number of fused-ring (bicyclic) bond motifs is 3. The quantitative estimate of drug-likeness (QED) is 0.424. The second-order valence-electron chi connectivity index (χ2n) is 5.93. The van der Waals surface area contributed by atoms with Crippen LogP contribution < -0.4 is 0 Å². The Morgan fingerprint density at radius 3 is 2.59 bits per heavy atom. The summed E-state index contributed by atoms with van der Waals surface area (Å²) in [6.07, 6.45) is 3.52. The van der Waals surface area contributed by atoms with Gasteiger partial charge in [0.2, 0.25) is 0 Å². The highest BCUT2D eigenvalue weighted by molar-refractivity contribution is 7.98. The lowest BCUT2D eigenvalue weighted by atomic mass is 10.2. The highest BCUT2D eigenvalue weighted by atomic mass is 35.5. The molecule has 0 aliphatic heterocycles. The van der Waals surface area contributed by atoms with Gasteiger partial charge in [0, 0.05) is 10.8 Å². The van der Waals surface area contributed by atoms with E-state index in [-0.39, 0.29) is 0 Å². The van der Waals surface area contributed by atoms with Gasteiger partial charge in [-0.15, -0.1) is 10.2 Å². The summed E-state index contributed by atoms with van der Waals surface area (Å²) in [5, 5.41) is 15.5. The summed E-state index contributed by atoms with van der Waals surface area (Å²) < 4.78 is 3.70. The topological polar surface area (TPSA) is 60.9 Å². The number of nitrogens with zero attached hydrogens (tertiary/aromatic N) is 6. The van der Waals surface area contributed by atoms with Crippen LogP contribution in [0.3, 0.4) is 0 Å². The number of hydrogen-bond acceptors (Lipinski definition) is 5. The van der Waals surface area contributed by atoms with E-state index in [9.17, 15) is 0 Å². The SMILES string of the molecule is Clc1ccccc1CSc1nnc2c3cnn(-c4ccccc4)c3ncn12. The van der Waals surface area contributed by atoms with Crippen LogP contribution in [0, 0.1) is 0 Å². The lowest BCUT2D eigenvalue weighted by Crippen LogP contribution is -1.98. The van der Waals surface area contributed by atoms with Crippen molar-refractivity contribution in [2.24, 2.45) is 0 Å². The van der Waals surface area contributed by atoms with E-state index in [1.165, 1.54) is 0 Å². The van der Waals surface area contributed by atoms with E-state index in [1.807, 2.05) is 59.0 Å². The summed E-state index contributed by atoms with van der Waals surface area (Å²) in [5.41, 5.74) is 3.51. The number of benzene rings is 2. The van der Waals surface area contributed by atoms with E-state index < -0.39 is 0 Å². The second-order valence-corrected chi connectivity index (χ2v) is 7.28. The zero-order valence-electron chi connectivity index (χ0n) is 14.0. The van der Waals surface area contributed by atoms with Crippen LogP contribution in [-0.2, 0) is 5.75 Å². The van der Waals surface area contributed by atoms with Crippen molar-refractivity contribution in [2.45, 2.75) is 10.9 Å². The molecule has 8 heteroatoms. The van der Waals surface area contributed by atoms with Crippen LogP contribution in [0.25, 0.3) is 22.4 Å². The molecule has 0 radical (unpaired) electrons. The first-order valence-electron chi connectivity index (χ1n) is 8.30. The smallest absolute Gasteiger partial charge is 0.197 e. The van der Waals surface area contributed by atoms with Gasteiger partial charge in [-0.1, -0.05) is 59.8 Å². The molecule has 3 heterocycles. The maximum Gasteiger partial charge on any atom is 0.197 e. The minimum Gasteiger partial charge on any atom is -0.259 e. The zero-order valence-corrected chi connectivity index (χ0v) is 15.6. The van der Waals surface area contributed by atoms with Crippen molar-refractivity contribution in [1.29, 1.82) is 0 Å². The van der Waals surface area contributed by atoms with Crippen molar-refractivity contribution in [3.8, 4) is 5.69 Å². The fourth-order valence-corrected chi connectivity index (χ4v) is 4.10. The van der Waals surface area contributed by atoms with Gasteiger partial charge in [0.05, 0.1) is 17.3 Å². The maximum absolute atomic E-state index is 6.24. The molecule has 27 heavy (non-hydrogen) atoms. The largest absolute Gasteiger partial charge is 0.259 e. The van der Waals surface area contributed by atoms with Gasteiger partial charge in [0.15, 0.2) is 16.5 Å². The molecule has 0 bridgehead atoms. The van der Waals surface area contributed by atoms with Crippen molar-refractivity contribution < 1.29 is 0 Å². The van der Waals surface area contributed by atoms with Crippen LogP contribution >= 0.6 is 23.4 Å². The lowest BCUT2D eigenvalue weighted by Gasteiger charge is -2.04. The summed E-state index contributed by atoms with van der Waals surface area (Å²) in [4.78, 5) is 4.60. The Balaban J connectivity index is 1.53. The average Bonchev–Trinajstić information content (AvgIpc) is 3.32. The summed E-state index contributed by atoms with van der Waals surface area (Å²) in [6.45, 7) is 0. The molecule has 0 N–H and O–H groups in total. The Morgan fingerprint density at radius 1 is 0.926 bits per heavy atom. The van der Waals surface area contributed by atoms with Crippen molar-refractivity contribution in [1.82, 2.24) is 29.4 Å². The number of thioether (sulfide) groups is 1. The zero-order chi connectivity index (χ0) is 18.2. The predicted molar refractivity (Wildman–Crippen MR) is 106 cm³/mol. The number of aromatic nitrogens is 6. The Labute approximate surface area is 163 Å². The molecule has 0 amide bonds. The van der Waals surface area contributed by atoms with E-state index in [0.29, 0.717) is 5.75 Å². The molecule has 132 valence electrons. The van der Waals surface area contributed by atoms with E-state index in [1.54, 1.807) is 29.0 Å². The summed E-state index contributed by atoms with van der Waals surface area (Å²) in [5.74, 6) is 0.710. The molecule has 0 saturated carbocycles. The molecule has 0 spiro atoms. The van der Waals surface area contributed by atoms with E-state index >= 15 is 0 Å². The normalized spacial score (nSPS) is 11.4. The van der Waals surface area contributed by atoms with Crippen LogP contribution in [0.4, 0.5) is 0 Å². The molecule has 0 aliphatic rings. The molecule has 0 aliphatic carbocycles. The van der Waals surface area contributed by atoms with Gasteiger partial charge < -0.3 is 0 Å². The first kappa shape index (κ1) is 16.3. The third-order valence-electron chi connectivity index (χ3n) is 4.26. The Kier molecular flexibility index (Phi) is 4.03. The number of rotatable bonds is 4. The lowest BCUT2D eigenvalue weighted by molar-refractivity contribution is 0.879. The molecule has 0 fully saturated rings. The van der Waals surface area contributed by atoms with Crippen molar-refractivity contribution in [3.05, 3.63) is 77.7 Å². The summed E-state index contributed by atoms with van der Waals surface area (Å²) in [7, 11) is 0. The standard InChI is InChI=1S/C19H13ClN6S/c20-16-9-5-4-6-13(16)11-27-19-24-23-18-15-10-22-26(14-7-2-1-3-8-14)17(15)21-12-25(18)19/h1-10,12H,11H2. The number of para-hydroxylation sites is 1. The molecule has 0 saturated heterocycles. The van der Waals surface area contributed by atoms with Gasteiger partial charge in [0.1, 0.15) is 6.33 Å². The third kappa shape index (κ3) is 2.85. The molecule has 0 atom stereocenters. The van der Waals surface area contributed by atoms with E-state index in [0.717, 1.165) is 38.1 Å². The van der Waals surface area contributed by atoms with Gasteiger partial charge >= 0.3 is 0 Å². The number of hydrogen-bond donors (Lipinski definition) is 0. The van der Waals surface area contributed by atoms with Gasteiger partial charge in [-0.2, -0.15) is 5.10 Å². The monoisotopic (exact) mass is 392 g/mol. The van der Waals surface area contributed by atoms with Crippen LogP contribution in [0.2, 0.25) is 5.02 Å². The fraction of sp³-hybridized carbons (Fsp3) is 0.0526. The molecule has 0 unspecified atom stereocenters. The van der Waals surface area contributed by atoms with Crippen LogP contribution in [-0.4, -0.2) is 29.4 Å². The molecule has 3 aromatic heterocycles. The molecule has 6 nitrogen and oxygen atoms in total. The average molecular weight is 393 g/mol. The number of halogens is 1. The van der Waals surface area contributed by atoms with Gasteiger partial charge in [-0.05, 0) is 23.8 Å². The molecular formula is C19H13ClN6S. The highest BCUT2D eigenvalue weighted by Crippen LogP contribution is 2.27. The predicted octanol–water partition coefficient (Wildman–Crippen LogP) is 4.41. The fourth-order valence-electron chi connectivity index (χ4n) is 2.92. The Bertz CT molecular complexity index is 1250. The van der Waals surface area contributed by atoms with Crippen LogP contribution in [0.1, 0.15) is 5.56 Å². The van der Waals surface area contributed by atoms with Crippen molar-refractivity contribution in [2.75, 3.05) is 0 Å². The van der Waals surface area contributed by atoms with Crippen molar-refractivity contribution >= 4 is 40.0 Å². The van der Waals surface area contributed by atoms with E-state index in [4.69, 9.17) is 11.6 Å².